The molecule has 1 aromatic carbocycles. The number of amides is 1. The van der Waals surface area contributed by atoms with Crippen molar-refractivity contribution in [3.63, 3.8) is 0 Å². The van der Waals surface area contributed by atoms with E-state index in [0.29, 0.717) is 40.3 Å². The zero-order chi connectivity index (χ0) is 19.8. The predicted molar refractivity (Wildman–Crippen MR) is 110 cm³/mol. The fourth-order valence-electron chi connectivity index (χ4n) is 3.23. The molecule has 0 bridgehead atoms. The van der Waals surface area contributed by atoms with Crippen molar-refractivity contribution < 1.29 is 9.53 Å². The number of thiazole rings is 1. The van der Waals surface area contributed by atoms with Crippen molar-refractivity contribution in [3.8, 4) is 5.75 Å². The Labute approximate surface area is 171 Å². The van der Waals surface area contributed by atoms with Crippen molar-refractivity contribution in [2.24, 2.45) is 0 Å². The lowest BCUT2D eigenvalue weighted by molar-refractivity contribution is 0.0971. The summed E-state index contributed by atoms with van der Waals surface area (Å²) in [5.41, 5.74) is 0.657. The van der Waals surface area contributed by atoms with Crippen LogP contribution in [-0.2, 0) is 13.0 Å². The molecule has 0 fully saturated rings. The van der Waals surface area contributed by atoms with Crippen LogP contribution in [0.3, 0.4) is 0 Å². The lowest BCUT2D eigenvalue weighted by Crippen LogP contribution is -2.38. The van der Waals surface area contributed by atoms with E-state index in [1.54, 1.807) is 24.1 Å². The number of benzene rings is 1. The van der Waals surface area contributed by atoms with Crippen LogP contribution in [0.15, 0.2) is 12.1 Å². The average Bonchev–Trinajstić information content (AvgIpc) is 3.37. The highest BCUT2D eigenvalue weighted by atomic mass is 35.5. The fourth-order valence-corrected chi connectivity index (χ4v) is 4.52. The number of anilines is 1. The van der Waals surface area contributed by atoms with Crippen LogP contribution in [0.4, 0.5) is 5.13 Å². The zero-order valence-electron chi connectivity index (χ0n) is 16.0. The number of likely N-dealkylation sites (N-methyl/N-ethyl adjacent to an activating group) is 1. The molecule has 0 saturated carbocycles. The molecule has 3 heterocycles. The Hall–Kier alpha value is -2.23. The maximum Gasteiger partial charge on any atom is 0.298 e. The second kappa shape index (κ2) is 7.65. The predicted octanol–water partition coefficient (Wildman–Crippen LogP) is 2.70. The van der Waals surface area contributed by atoms with Crippen LogP contribution in [0.5, 0.6) is 5.75 Å². The summed E-state index contributed by atoms with van der Waals surface area (Å²) >= 11 is 7.74. The van der Waals surface area contributed by atoms with Crippen molar-refractivity contribution in [2.75, 3.05) is 39.2 Å². The summed E-state index contributed by atoms with van der Waals surface area (Å²) in [6.45, 7) is 1.94. The Morgan fingerprint density at radius 2 is 2.14 bits per heavy atom. The van der Waals surface area contributed by atoms with Crippen molar-refractivity contribution in [3.05, 3.63) is 28.8 Å². The van der Waals surface area contributed by atoms with Crippen LogP contribution in [0.1, 0.15) is 22.9 Å². The van der Waals surface area contributed by atoms with E-state index in [1.807, 2.05) is 23.6 Å². The van der Waals surface area contributed by atoms with Gasteiger partial charge in [-0.05, 0) is 32.6 Å². The molecule has 1 amide bonds. The Balaban J connectivity index is 1.76. The molecule has 10 heteroatoms. The number of halogens is 1. The topological polar surface area (TPSA) is 76.4 Å². The van der Waals surface area contributed by atoms with E-state index < -0.39 is 0 Å². The van der Waals surface area contributed by atoms with Gasteiger partial charge in [-0.25, -0.2) is 4.98 Å². The van der Waals surface area contributed by atoms with Crippen molar-refractivity contribution >= 4 is 44.2 Å². The standard InChI is InChI=1S/C18H21ClN6O2S/c1-23(2)9-10-25(17(26)16-22-21-13-5-4-8-24(13)16)18-20-14-12(27-3)7-6-11(19)15(14)28-18/h6-7H,4-5,8-10H2,1-3H3. The van der Waals surface area contributed by atoms with Gasteiger partial charge in [-0.1, -0.05) is 22.9 Å². The van der Waals surface area contributed by atoms with Gasteiger partial charge in [0.2, 0.25) is 5.82 Å². The highest BCUT2D eigenvalue weighted by molar-refractivity contribution is 7.23. The number of nitrogens with zero attached hydrogens (tertiary/aromatic N) is 6. The third kappa shape index (κ3) is 3.34. The van der Waals surface area contributed by atoms with Crippen molar-refractivity contribution in [2.45, 2.75) is 19.4 Å². The first-order valence-electron chi connectivity index (χ1n) is 9.01. The van der Waals surface area contributed by atoms with E-state index in [9.17, 15) is 4.79 Å². The SMILES string of the molecule is COc1ccc(Cl)c2sc(N(CCN(C)C)C(=O)c3nnc4n3CCC4)nc12. The summed E-state index contributed by atoms with van der Waals surface area (Å²) < 4.78 is 8.12. The number of rotatable bonds is 6. The Bertz CT molecular complexity index is 1030. The number of carbonyl (C=O) groups excluding carboxylic acids is 1. The molecule has 0 radical (unpaired) electrons. The van der Waals surface area contributed by atoms with Crippen LogP contribution in [-0.4, -0.2) is 64.9 Å². The second-order valence-corrected chi connectivity index (χ2v) is 8.26. The molecule has 0 atom stereocenters. The van der Waals surface area contributed by atoms with Crippen LogP contribution >= 0.6 is 22.9 Å². The molecule has 0 aliphatic carbocycles. The number of aryl methyl sites for hydroxylation is 1. The van der Waals surface area contributed by atoms with Crippen LogP contribution in [0.2, 0.25) is 5.02 Å². The summed E-state index contributed by atoms with van der Waals surface area (Å²) in [7, 11) is 5.53. The maximum absolute atomic E-state index is 13.4. The number of hydrogen-bond donors (Lipinski definition) is 0. The summed E-state index contributed by atoms with van der Waals surface area (Å²) in [6.07, 6.45) is 1.84. The minimum atomic E-state index is -0.198. The third-order valence-corrected chi connectivity index (χ3v) is 6.25. The molecule has 0 saturated heterocycles. The largest absolute Gasteiger partial charge is 0.494 e. The summed E-state index contributed by atoms with van der Waals surface area (Å²) in [5.74, 6) is 1.66. The molecule has 0 N–H and O–H groups in total. The number of ether oxygens (including phenoxy) is 1. The molecule has 3 aromatic rings. The minimum absolute atomic E-state index is 0.198. The molecular formula is C18H21ClN6O2S. The van der Waals surface area contributed by atoms with Crippen LogP contribution < -0.4 is 9.64 Å². The van der Waals surface area contributed by atoms with E-state index in [0.717, 1.165) is 29.9 Å². The first kappa shape index (κ1) is 19.1. The van der Waals surface area contributed by atoms with E-state index >= 15 is 0 Å². The van der Waals surface area contributed by atoms with Gasteiger partial charge in [0.05, 0.1) is 16.8 Å². The smallest absolute Gasteiger partial charge is 0.298 e. The summed E-state index contributed by atoms with van der Waals surface area (Å²) in [4.78, 5) is 21.8. The average molecular weight is 421 g/mol. The van der Waals surface area contributed by atoms with Gasteiger partial charge in [-0.2, -0.15) is 0 Å². The van der Waals surface area contributed by atoms with Gasteiger partial charge in [-0.15, -0.1) is 10.2 Å². The van der Waals surface area contributed by atoms with Gasteiger partial charge in [0.25, 0.3) is 5.91 Å². The highest BCUT2D eigenvalue weighted by Crippen LogP contribution is 2.39. The fraction of sp³-hybridized carbons (Fsp3) is 0.444. The van der Waals surface area contributed by atoms with Gasteiger partial charge < -0.3 is 14.2 Å². The maximum atomic E-state index is 13.4. The van der Waals surface area contributed by atoms with Gasteiger partial charge >= 0.3 is 0 Å². The van der Waals surface area contributed by atoms with Gasteiger partial charge in [0.15, 0.2) is 5.13 Å². The molecule has 1 aliphatic rings. The number of carbonyl (C=O) groups is 1. The molecule has 4 rings (SSSR count). The Kier molecular flexibility index (Phi) is 5.22. The molecule has 0 spiro atoms. The van der Waals surface area contributed by atoms with Gasteiger partial charge in [-0.3, -0.25) is 9.69 Å². The molecule has 28 heavy (non-hydrogen) atoms. The van der Waals surface area contributed by atoms with Crippen molar-refractivity contribution in [1.29, 1.82) is 0 Å². The molecule has 2 aromatic heterocycles. The monoisotopic (exact) mass is 420 g/mol. The quantitative estimate of drug-likeness (QED) is 0.610. The molecular weight excluding hydrogens is 400 g/mol. The summed E-state index contributed by atoms with van der Waals surface area (Å²) in [5, 5.41) is 9.48. The third-order valence-electron chi connectivity index (χ3n) is 4.71. The first-order chi connectivity index (χ1) is 13.5. The molecule has 8 nitrogen and oxygen atoms in total. The number of aromatic nitrogens is 4. The van der Waals surface area contributed by atoms with E-state index in [4.69, 9.17) is 16.3 Å². The van der Waals surface area contributed by atoms with Gasteiger partial charge in [0, 0.05) is 26.1 Å². The van der Waals surface area contributed by atoms with E-state index in [2.05, 4.69) is 15.2 Å². The minimum Gasteiger partial charge on any atom is -0.494 e. The molecule has 1 aliphatic heterocycles. The highest BCUT2D eigenvalue weighted by Gasteiger charge is 2.29. The lowest BCUT2D eigenvalue weighted by Gasteiger charge is -2.21. The molecule has 148 valence electrons. The zero-order valence-corrected chi connectivity index (χ0v) is 17.5. The molecule has 0 unspecified atom stereocenters. The van der Waals surface area contributed by atoms with Crippen LogP contribution in [0, 0.1) is 0 Å². The summed E-state index contributed by atoms with van der Waals surface area (Å²) in [6, 6.07) is 3.56. The normalized spacial score (nSPS) is 13.3. The lowest BCUT2D eigenvalue weighted by atomic mass is 10.3. The van der Waals surface area contributed by atoms with E-state index in [-0.39, 0.29) is 5.91 Å². The van der Waals surface area contributed by atoms with Gasteiger partial charge in [0.1, 0.15) is 17.1 Å². The Morgan fingerprint density at radius 1 is 1.32 bits per heavy atom. The van der Waals surface area contributed by atoms with Crippen LogP contribution in [0.25, 0.3) is 10.2 Å². The number of fused-ring (bicyclic) bond motifs is 2. The van der Waals surface area contributed by atoms with Crippen molar-refractivity contribution in [1.82, 2.24) is 24.6 Å². The number of methoxy groups -OCH3 is 1. The number of hydrogen-bond acceptors (Lipinski definition) is 7. The Morgan fingerprint density at radius 3 is 2.89 bits per heavy atom. The first-order valence-corrected chi connectivity index (χ1v) is 10.2. The second-order valence-electron chi connectivity index (χ2n) is 6.88. The van der Waals surface area contributed by atoms with E-state index in [1.165, 1.54) is 11.3 Å².